The van der Waals surface area contributed by atoms with Gasteiger partial charge in [0.15, 0.2) is 0 Å². The highest BCUT2D eigenvalue weighted by Crippen LogP contribution is 2.04. The van der Waals surface area contributed by atoms with Crippen LogP contribution in [0.4, 0.5) is 0 Å². The van der Waals surface area contributed by atoms with E-state index in [2.05, 4.69) is 32.9 Å². The Kier molecular flexibility index (Phi) is 2.85. The fourth-order valence-corrected chi connectivity index (χ4v) is 1.70. The molecule has 0 unspecified atom stereocenters. The summed E-state index contributed by atoms with van der Waals surface area (Å²) >= 11 is 0. The lowest BCUT2D eigenvalue weighted by molar-refractivity contribution is 0.569. The van der Waals surface area contributed by atoms with Crippen LogP contribution in [0.15, 0.2) is 25.0 Å². The highest BCUT2D eigenvalue weighted by atomic mass is 15.2. The normalized spacial score (nSPS) is 10.8. The van der Waals surface area contributed by atoms with E-state index >= 15 is 0 Å². The van der Waals surface area contributed by atoms with Gasteiger partial charge >= 0.3 is 0 Å². The van der Waals surface area contributed by atoms with Gasteiger partial charge in [0.2, 0.25) is 0 Å². The lowest BCUT2D eigenvalue weighted by atomic mass is 10.3. The molecule has 0 saturated heterocycles. The van der Waals surface area contributed by atoms with Crippen molar-refractivity contribution in [3.63, 3.8) is 0 Å². The van der Waals surface area contributed by atoms with Crippen molar-refractivity contribution in [3.05, 3.63) is 36.4 Å². The van der Waals surface area contributed by atoms with Crippen molar-refractivity contribution in [2.45, 2.75) is 33.4 Å². The number of hydrogen-bond acceptors (Lipinski definition) is 2. The van der Waals surface area contributed by atoms with Crippen molar-refractivity contribution in [2.75, 3.05) is 0 Å². The van der Waals surface area contributed by atoms with Crippen LogP contribution in [-0.2, 0) is 19.5 Å². The summed E-state index contributed by atoms with van der Waals surface area (Å²) in [5.74, 6) is 0. The van der Waals surface area contributed by atoms with Crippen LogP contribution in [0.1, 0.15) is 25.2 Å². The minimum Gasteiger partial charge on any atom is -0.316 e. The Morgan fingerprint density at radius 2 is 1.40 bits per heavy atom. The predicted molar refractivity (Wildman–Crippen MR) is 58.6 cm³/mol. The van der Waals surface area contributed by atoms with Crippen molar-refractivity contribution in [3.8, 4) is 0 Å². The van der Waals surface area contributed by atoms with E-state index in [1.54, 1.807) is 0 Å². The van der Waals surface area contributed by atoms with Gasteiger partial charge in [-0.15, -0.1) is 0 Å². The monoisotopic (exact) mass is 204 g/mol. The van der Waals surface area contributed by atoms with Crippen LogP contribution in [0.5, 0.6) is 0 Å². The first kappa shape index (κ1) is 9.96. The van der Waals surface area contributed by atoms with Crippen LogP contribution in [0.2, 0.25) is 0 Å². The molecule has 2 rings (SSSR count). The topological polar surface area (TPSA) is 35.6 Å². The van der Waals surface area contributed by atoms with Crippen LogP contribution in [0, 0.1) is 0 Å². The zero-order valence-corrected chi connectivity index (χ0v) is 9.22. The van der Waals surface area contributed by atoms with E-state index in [1.165, 1.54) is 11.4 Å². The van der Waals surface area contributed by atoms with E-state index in [1.807, 2.05) is 25.0 Å². The summed E-state index contributed by atoms with van der Waals surface area (Å²) in [7, 11) is 0. The van der Waals surface area contributed by atoms with Gasteiger partial charge in [-0.1, -0.05) is 13.8 Å². The number of aromatic nitrogens is 4. The lowest BCUT2D eigenvalue weighted by Crippen LogP contribution is -2.10. The molecule has 4 heteroatoms. The third-order valence-electron chi connectivity index (χ3n) is 2.63. The van der Waals surface area contributed by atoms with Gasteiger partial charge in [0.25, 0.3) is 0 Å². The van der Waals surface area contributed by atoms with Gasteiger partial charge in [0.05, 0.1) is 12.7 Å². The van der Waals surface area contributed by atoms with E-state index in [0.29, 0.717) is 0 Å². The van der Waals surface area contributed by atoms with Crippen molar-refractivity contribution < 1.29 is 0 Å². The highest BCUT2D eigenvalue weighted by Gasteiger charge is 2.03. The predicted octanol–water partition coefficient (Wildman–Crippen LogP) is 1.71. The first-order valence-electron chi connectivity index (χ1n) is 5.33. The lowest BCUT2D eigenvalue weighted by Gasteiger charge is -2.09. The van der Waals surface area contributed by atoms with E-state index < -0.39 is 0 Å². The molecule has 0 fully saturated rings. The molecule has 0 aromatic carbocycles. The zero-order chi connectivity index (χ0) is 10.7. The van der Waals surface area contributed by atoms with Crippen LogP contribution < -0.4 is 0 Å². The standard InChI is InChI=1S/C11H16N4/c1-3-10-5-12-7-14(10)9-15-8-13-6-11(15)4-2/h5-8H,3-4,9H2,1-2H3. The van der Waals surface area contributed by atoms with Gasteiger partial charge in [-0.25, -0.2) is 9.97 Å². The van der Waals surface area contributed by atoms with Gasteiger partial charge in [0, 0.05) is 23.8 Å². The second kappa shape index (κ2) is 4.29. The zero-order valence-electron chi connectivity index (χ0n) is 9.22. The summed E-state index contributed by atoms with van der Waals surface area (Å²) in [6.45, 7) is 5.09. The van der Waals surface area contributed by atoms with E-state index in [4.69, 9.17) is 0 Å². The Hall–Kier alpha value is -1.58. The molecule has 2 aromatic heterocycles. The van der Waals surface area contributed by atoms with E-state index in [0.717, 1.165) is 19.5 Å². The average Bonchev–Trinajstić information content (AvgIpc) is 2.87. The largest absolute Gasteiger partial charge is 0.316 e. The maximum atomic E-state index is 4.16. The second-order valence-corrected chi connectivity index (χ2v) is 3.56. The first-order chi connectivity index (χ1) is 7.35. The Balaban J connectivity index is 2.21. The smallest absolute Gasteiger partial charge is 0.101 e. The molecule has 2 aromatic rings. The quantitative estimate of drug-likeness (QED) is 0.760. The third-order valence-corrected chi connectivity index (χ3v) is 2.63. The van der Waals surface area contributed by atoms with Crippen LogP contribution in [0.25, 0.3) is 0 Å². The molecule has 0 aliphatic rings. The van der Waals surface area contributed by atoms with Crippen molar-refractivity contribution >= 4 is 0 Å². The maximum Gasteiger partial charge on any atom is 0.101 e. The number of nitrogens with zero attached hydrogens (tertiary/aromatic N) is 4. The van der Waals surface area contributed by atoms with Crippen LogP contribution in [0.3, 0.4) is 0 Å². The van der Waals surface area contributed by atoms with Gasteiger partial charge in [-0.05, 0) is 12.8 Å². The molecule has 80 valence electrons. The molecular formula is C11H16N4. The fourth-order valence-electron chi connectivity index (χ4n) is 1.70. The molecule has 0 radical (unpaired) electrons. The Morgan fingerprint density at radius 1 is 0.933 bits per heavy atom. The highest BCUT2D eigenvalue weighted by molar-refractivity contribution is 5.01. The van der Waals surface area contributed by atoms with E-state index in [9.17, 15) is 0 Å². The molecule has 4 nitrogen and oxygen atoms in total. The number of hydrogen-bond donors (Lipinski definition) is 0. The summed E-state index contributed by atoms with van der Waals surface area (Å²) in [6.07, 6.45) is 9.61. The van der Waals surface area contributed by atoms with Crippen molar-refractivity contribution in [1.82, 2.24) is 19.1 Å². The molecular weight excluding hydrogens is 188 g/mol. The van der Waals surface area contributed by atoms with E-state index in [-0.39, 0.29) is 0 Å². The molecule has 15 heavy (non-hydrogen) atoms. The van der Waals surface area contributed by atoms with Gasteiger partial charge in [-0.2, -0.15) is 0 Å². The third kappa shape index (κ3) is 1.93. The molecule has 0 spiro atoms. The summed E-state index contributed by atoms with van der Waals surface area (Å²) in [5, 5.41) is 0. The summed E-state index contributed by atoms with van der Waals surface area (Å²) in [4.78, 5) is 8.32. The Bertz CT molecular complexity index is 387. The number of aryl methyl sites for hydroxylation is 2. The molecule has 0 saturated carbocycles. The van der Waals surface area contributed by atoms with Gasteiger partial charge < -0.3 is 9.13 Å². The first-order valence-corrected chi connectivity index (χ1v) is 5.33. The molecule has 2 heterocycles. The summed E-state index contributed by atoms with van der Waals surface area (Å²) in [6, 6.07) is 0. The maximum absolute atomic E-state index is 4.16. The van der Waals surface area contributed by atoms with Gasteiger partial charge in [-0.3, -0.25) is 0 Å². The average molecular weight is 204 g/mol. The summed E-state index contributed by atoms with van der Waals surface area (Å²) < 4.78 is 4.31. The molecule has 0 amide bonds. The Labute approximate surface area is 89.6 Å². The number of imidazole rings is 2. The number of rotatable bonds is 4. The molecule has 0 bridgehead atoms. The SMILES string of the molecule is CCc1cncn1Cn1cncc1CC. The van der Waals surface area contributed by atoms with Gasteiger partial charge in [0.1, 0.15) is 6.67 Å². The minimum atomic E-state index is 0.812. The molecule has 0 aliphatic heterocycles. The fraction of sp³-hybridized carbons (Fsp3) is 0.455. The molecule has 0 atom stereocenters. The Morgan fingerprint density at radius 3 is 1.80 bits per heavy atom. The summed E-state index contributed by atoms with van der Waals surface area (Å²) in [5.41, 5.74) is 2.51. The van der Waals surface area contributed by atoms with Crippen molar-refractivity contribution in [1.29, 1.82) is 0 Å². The van der Waals surface area contributed by atoms with Crippen LogP contribution in [-0.4, -0.2) is 19.1 Å². The van der Waals surface area contributed by atoms with Crippen LogP contribution >= 0.6 is 0 Å². The van der Waals surface area contributed by atoms with Crippen molar-refractivity contribution in [2.24, 2.45) is 0 Å². The molecule has 0 aliphatic carbocycles. The second-order valence-electron chi connectivity index (χ2n) is 3.56. The minimum absolute atomic E-state index is 0.812. The molecule has 0 N–H and O–H groups in total.